The van der Waals surface area contributed by atoms with Gasteiger partial charge in [0.05, 0.1) is 16.7 Å². The molecule has 4 aromatic heterocycles. The Kier molecular flexibility index (Phi) is 8.84. The molecule has 0 fully saturated rings. The molecule has 0 aliphatic carbocycles. The topological polar surface area (TPSA) is 49.0 Å². The second kappa shape index (κ2) is 14.3. The van der Waals surface area contributed by atoms with Gasteiger partial charge in [-0.15, -0.1) is 29.7 Å². The van der Waals surface area contributed by atoms with E-state index in [0.717, 1.165) is 83.1 Å². The summed E-state index contributed by atoms with van der Waals surface area (Å²) in [5.41, 5.74) is 10.8. The molecule has 0 amide bonds. The average molecular weight is 944 g/mol. The van der Waals surface area contributed by atoms with Gasteiger partial charge >= 0.3 is 0 Å². The molecular weight excluding hydrogens is 908 g/mol. The SMILES string of the molecule is CC(C)(C)c1ccnc(-n2c3[c-]c(Oc4[c-]c(-n5[c-][n+](-c6ccccc6)c6c7c(ccc65)oc5ccccc57)ccc4)ccc3c3ccc(-c4ccccc4)cc32)c1.[Pt]. The van der Waals surface area contributed by atoms with Crippen LogP contribution in [-0.2, 0) is 26.5 Å². The molecule has 0 aliphatic rings. The standard InChI is InChI=1S/C52H36N4O2.Pt/c1-52(2,3)36-27-28-53-49(30-36)56-45-29-35(34-13-6-4-7-14-34)21-23-41(45)42-24-22-40(32-46(42)56)57-39-18-12-17-38(31-39)54-33-55(37-15-8-5-9-16-37)51-44(54)25-26-48-50(51)43-19-10-11-20-47(43)58-48;/h4-30H,1-3H3;/q-2;. The molecule has 0 radical (unpaired) electrons. The van der Waals surface area contributed by atoms with Gasteiger partial charge in [-0.3, -0.25) is 4.57 Å². The molecular formula is C52H36N4O2Pt-2. The molecule has 6 nitrogen and oxygen atoms in total. The number of pyridine rings is 1. The fourth-order valence-corrected chi connectivity index (χ4v) is 8.13. The van der Waals surface area contributed by atoms with Gasteiger partial charge in [-0.2, -0.15) is 18.2 Å². The summed E-state index contributed by atoms with van der Waals surface area (Å²) in [6.07, 6.45) is 5.54. The van der Waals surface area contributed by atoms with Crippen molar-refractivity contribution >= 4 is 54.8 Å². The average Bonchev–Trinajstić information content (AvgIpc) is 3.93. The monoisotopic (exact) mass is 943 g/mol. The van der Waals surface area contributed by atoms with Gasteiger partial charge in [-0.1, -0.05) is 105 Å². The zero-order valence-electron chi connectivity index (χ0n) is 32.5. The van der Waals surface area contributed by atoms with Crippen LogP contribution < -0.4 is 9.30 Å². The van der Waals surface area contributed by atoms with Crippen LogP contribution in [0.25, 0.3) is 83.1 Å². The first-order valence-electron chi connectivity index (χ1n) is 19.5. The van der Waals surface area contributed by atoms with E-state index in [9.17, 15) is 0 Å². The fraction of sp³-hybridized carbons (Fsp3) is 0.0769. The van der Waals surface area contributed by atoms with Crippen LogP contribution in [0.1, 0.15) is 26.3 Å². The van der Waals surface area contributed by atoms with Crippen molar-refractivity contribution in [2.75, 3.05) is 0 Å². The van der Waals surface area contributed by atoms with Crippen molar-refractivity contribution in [1.82, 2.24) is 14.1 Å². The Morgan fingerprint density at radius 3 is 2.22 bits per heavy atom. The number of hydrogen-bond donors (Lipinski definition) is 0. The number of imidazole rings is 1. The van der Waals surface area contributed by atoms with Gasteiger partial charge in [-0.05, 0) is 81.7 Å². The van der Waals surface area contributed by atoms with E-state index < -0.39 is 0 Å². The predicted molar refractivity (Wildman–Crippen MR) is 231 cm³/mol. The van der Waals surface area contributed by atoms with E-state index in [0.29, 0.717) is 11.5 Å². The van der Waals surface area contributed by atoms with Gasteiger partial charge in [-0.25, -0.2) is 4.98 Å². The first kappa shape index (κ1) is 36.6. The number of aromatic nitrogens is 4. The van der Waals surface area contributed by atoms with Gasteiger partial charge in [0.2, 0.25) is 0 Å². The number of para-hydroxylation sites is 2. The number of benzene rings is 7. The number of hydrogen-bond acceptors (Lipinski definition) is 3. The number of nitrogens with zero attached hydrogens (tertiary/aromatic N) is 4. The van der Waals surface area contributed by atoms with Crippen LogP contribution in [0.5, 0.6) is 11.5 Å². The zero-order valence-corrected chi connectivity index (χ0v) is 34.8. The molecule has 0 unspecified atom stereocenters. The van der Waals surface area contributed by atoms with E-state index in [4.69, 9.17) is 14.1 Å². The van der Waals surface area contributed by atoms with Crippen LogP contribution in [0, 0.1) is 18.5 Å². The maximum absolute atomic E-state index is 6.63. The molecule has 0 saturated heterocycles. The van der Waals surface area contributed by atoms with Gasteiger partial charge in [0.15, 0.2) is 0 Å². The number of rotatable bonds is 6. The first-order valence-corrected chi connectivity index (χ1v) is 19.5. The Hall–Kier alpha value is -6.75. The van der Waals surface area contributed by atoms with Crippen molar-refractivity contribution in [2.45, 2.75) is 26.2 Å². The van der Waals surface area contributed by atoms with Crippen molar-refractivity contribution in [3.8, 4) is 39.8 Å². The number of furan rings is 1. The van der Waals surface area contributed by atoms with Crippen molar-refractivity contribution < 1.29 is 34.8 Å². The largest absolute Gasteiger partial charge is 0.510 e. The van der Waals surface area contributed by atoms with E-state index in [-0.39, 0.29) is 26.5 Å². The Bertz CT molecular complexity index is 3360. The van der Waals surface area contributed by atoms with Gasteiger partial charge in [0.25, 0.3) is 6.33 Å². The third kappa shape index (κ3) is 6.23. The van der Waals surface area contributed by atoms with E-state index in [2.05, 4.69) is 133 Å². The minimum Gasteiger partial charge on any atom is -0.510 e. The molecule has 288 valence electrons. The van der Waals surface area contributed by atoms with Crippen LogP contribution in [0.2, 0.25) is 0 Å². The number of fused-ring (bicyclic) bond motifs is 8. The van der Waals surface area contributed by atoms with Gasteiger partial charge in [0, 0.05) is 55.1 Å². The third-order valence-corrected chi connectivity index (χ3v) is 11.0. The van der Waals surface area contributed by atoms with Gasteiger partial charge < -0.3 is 18.3 Å². The summed E-state index contributed by atoms with van der Waals surface area (Å²) in [6.45, 7) is 6.68. The summed E-state index contributed by atoms with van der Waals surface area (Å²) in [7, 11) is 0. The second-order valence-electron chi connectivity index (χ2n) is 15.7. The van der Waals surface area contributed by atoms with E-state index >= 15 is 0 Å². The fourth-order valence-electron chi connectivity index (χ4n) is 8.13. The molecule has 0 aliphatic heterocycles. The molecule has 0 bridgehead atoms. The summed E-state index contributed by atoms with van der Waals surface area (Å²) >= 11 is 0. The molecule has 0 N–H and O–H groups in total. The maximum Gasteiger partial charge on any atom is 0.268 e. The molecule has 0 atom stereocenters. The Balaban J connectivity index is 0.00000420. The smallest absolute Gasteiger partial charge is 0.268 e. The van der Waals surface area contributed by atoms with Crippen molar-refractivity contribution in [3.05, 3.63) is 188 Å². The van der Waals surface area contributed by atoms with Crippen molar-refractivity contribution in [3.63, 3.8) is 0 Å². The van der Waals surface area contributed by atoms with Crippen LogP contribution >= 0.6 is 0 Å². The summed E-state index contributed by atoms with van der Waals surface area (Å²) in [5, 5.41) is 4.28. The van der Waals surface area contributed by atoms with Crippen LogP contribution in [-0.4, -0.2) is 14.1 Å². The van der Waals surface area contributed by atoms with E-state index in [1.807, 2.05) is 83.6 Å². The zero-order chi connectivity index (χ0) is 39.0. The molecule has 7 aromatic carbocycles. The first-order chi connectivity index (χ1) is 28.4. The van der Waals surface area contributed by atoms with E-state index in [1.165, 1.54) is 5.56 Å². The quantitative estimate of drug-likeness (QED) is 0.123. The summed E-state index contributed by atoms with van der Waals surface area (Å²) < 4.78 is 19.3. The molecule has 4 heterocycles. The maximum atomic E-state index is 6.63. The molecule has 0 saturated carbocycles. The van der Waals surface area contributed by atoms with Crippen LogP contribution in [0.3, 0.4) is 0 Å². The summed E-state index contributed by atoms with van der Waals surface area (Å²) in [4.78, 5) is 4.92. The van der Waals surface area contributed by atoms with Crippen LogP contribution in [0.15, 0.2) is 168 Å². The van der Waals surface area contributed by atoms with Crippen LogP contribution in [0.4, 0.5) is 0 Å². The second-order valence-corrected chi connectivity index (χ2v) is 15.7. The normalized spacial score (nSPS) is 11.8. The Labute approximate surface area is 355 Å². The van der Waals surface area contributed by atoms with Crippen molar-refractivity contribution in [2.24, 2.45) is 0 Å². The van der Waals surface area contributed by atoms with Crippen molar-refractivity contribution in [1.29, 1.82) is 0 Å². The minimum absolute atomic E-state index is 0. The molecule has 11 aromatic rings. The summed E-state index contributed by atoms with van der Waals surface area (Å²) in [5.74, 6) is 1.97. The predicted octanol–water partition coefficient (Wildman–Crippen LogP) is 12.5. The minimum atomic E-state index is -0.0500. The molecule has 7 heteroatoms. The molecule has 11 rings (SSSR count). The van der Waals surface area contributed by atoms with E-state index in [1.54, 1.807) is 0 Å². The Morgan fingerprint density at radius 2 is 1.39 bits per heavy atom. The molecule has 0 spiro atoms. The van der Waals surface area contributed by atoms with Gasteiger partial charge in [0.1, 0.15) is 17.0 Å². The third-order valence-electron chi connectivity index (χ3n) is 11.0. The summed E-state index contributed by atoms with van der Waals surface area (Å²) in [6, 6.07) is 61.2. The number of ether oxygens (including phenoxy) is 1. The molecule has 59 heavy (non-hydrogen) atoms. The Morgan fingerprint density at radius 1 is 0.627 bits per heavy atom.